The average molecular weight is 136 g/mol. The molecule has 1 heterocycles. The van der Waals surface area contributed by atoms with Crippen molar-refractivity contribution in [1.82, 2.24) is 4.98 Å². The molecule has 0 unspecified atom stereocenters. The first-order valence-corrected chi connectivity index (χ1v) is 2.90. The summed E-state index contributed by atoms with van der Waals surface area (Å²) >= 11 is 0. The summed E-state index contributed by atoms with van der Waals surface area (Å²) in [5, 5.41) is 3.58. The molecule has 0 saturated heterocycles. The molecular weight excluding hydrogens is 128 g/mol. The number of rotatable bonds is 2. The summed E-state index contributed by atoms with van der Waals surface area (Å²) in [6.07, 6.45) is 5.03. The van der Waals surface area contributed by atoms with E-state index in [1.807, 2.05) is 12.1 Å². The van der Waals surface area contributed by atoms with Crippen molar-refractivity contribution in [1.29, 1.82) is 0 Å². The maximum atomic E-state index is 4.49. The van der Waals surface area contributed by atoms with E-state index in [0.29, 0.717) is 0 Å². The van der Waals surface area contributed by atoms with Crippen molar-refractivity contribution in [2.75, 3.05) is 7.11 Å². The molecule has 0 radical (unpaired) electrons. The van der Waals surface area contributed by atoms with Gasteiger partial charge in [-0.1, -0.05) is 11.2 Å². The zero-order valence-corrected chi connectivity index (χ0v) is 5.69. The van der Waals surface area contributed by atoms with Crippen molar-refractivity contribution in [2.24, 2.45) is 5.16 Å². The van der Waals surface area contributed by atoms with E-state index in [1.165, 1.54) is 7.11 Å². The predicted octanol–water partition coefficient (Wildman–Crippen LogP) is 1.06. The van der Waals surface area contributed by atoms with Crippen molar-refractivity contribution in [2.45, 2.75) is 0 Å². The van der Waals surface area contributed by atoms with Crippen LogP contribution in [0.2, 0.25) is 0 Å². The molecule has 0 aliphatic carbocycles. The number of aromatic nitrogens is 1. The Hall–Kier alpha value is -1.38. The van der Waals surface area contributed by atoms with Crippen LogP contribution in [-0.2, 0) is 4.84 Å². The van der Waals surface area contributed by atoms with Gasteiger partial charge in [0, 0.05) is 18.0 Å². The van der Waals surface area contributed by atoms with Crippen LogP contribution in [0.4, 0.5) is 0 Å². The van der Waals surface area contributed by atoms with Gasteiger partial charge in [0.1, 0.15) is 7.11 Å². The van der Waals surface area contributed by atoms with Crippen LogP contribution in [0.3, 0.4) is 0 Å². The largest absolute Gasteiger partial charge is 0.399 e. The number of hydrogen-bond donors (Lipinski definition) is 0. The highest BCUT2D eigenvalue weighted by atomic mass is 16.6. The molecule has 0 N–H and O–H groups in total. The first-order valence-electron chi connectivity index (χ1n) is 2.90. The summed E-state index contributed by atoms with van der Waals surface area (Å²) in [7, 11) is 1.51. The molecule has 0 aliphatic rings. The highest BCUT2D eigenvalue weighted by Gasteiger charge is 1.82. The van der Waals surface area contributed by atoms with Crippen LogP contribution in [0, 0.1) is 0 Å². The molecule has 0 fully saturated rings. The lowest BCUT2D eigenvalue weighted by atomic mass is 10.3. The maximum Gasteiger partial charge on any atom is 0.106 e. The second-order valence-electron chi connectivity index (χ2n) is 1.70. The van der Waals surface area contributed by atoms with Crippen LogP contribution in [0.5, 0.6) is 0 Å². The van der Waals surface area contributed by atoms with Crippen LogP contribution < -0.4 is 0 Å². The summed E-state index contributed by atoms with van der Waals surface area (Å²) in [5.74, 6) is 0. The fraction of sp³-hybridized carbons (Fsp3) is 0.143. The van der Waals surface area contributed by atoms with Crippen LogP contribution in [0.15, 0.2) is 29.7 Å². The molecule has 0 saturated carbocycles. The van der Waals surface area contributed by atoms with E-state index in [1.54, 1.807) is 18.6 Å². The fourth-order valence-corrected chi connectivity index (χ4v) is 0.566. The predicted molar refractivity (Wildman–Crippen MR) is 38.8 cm³/mol. The third-order valence-electron chi connectivity index (χ3n) is 0.992. The van der Waals surface area contributed by atoms with Gasteiger partial charge >= 0.3 is 0 Å². The van der Waals surface area contributed by atoms with E-state index >= 15 is 0 Å². The Balaban J connectivity index is 2.67. The second kappa shape index (κ2) is 3.61. The molecule has 1 rings (SSSR count). The summed E-state index contributed by atoms with van der Waals surface area (Å²) in [5.41, 5.74) is 0.935. The molecule has 1 aromatic rings. The zero-order chi connectivity index (χ0) is 7.23. The Morgan fingerprint density at radius 3 is 3.20 bits per heavy atom. The molecule has 0 spiro atoms. The third-order valence-corrected chi connectivity index (χ3v) is 0.992. The van der Waals surface area contributed by atoms with Crippen molar-refractivity contribution < 1.29 is 4.84 Å². The van der Waals surface area contributed by atoms with Gasteiger partial charge < -0.3 is 4.84 Å². The van der Waals surface area contributed by atoms with Gasteiger partial charge in [-0.15, -0.1) is 0 Å². The van der Waals surface area contributed by atoms with Gasteiger partial charge in [-0.2, -0.15) is 0 Å². The van der Waals surface area contributed by atoms with E-state index < -0.39 is 0 Å². The van der Waals surface area contributed by atoms with Gasteiger partial charge in [-0.05, 0) is 6.07 Å². The molecule has 3 heteroatoms. The minimum atomic E-state index is 0.935. The second-order valence-corrected chi connectivity index (χ2v) is 1.70. The lowest BCUT2D eigenvalue weighted by Crippen LogP contribution is -1.81. The number of nitrogens with zero attached hydrogens (tertiary/aromatic N) is 2. The van der Waals surface area contributed by atoms with Gasteiger partial charge in [0.15, 0.2) is 0 Å². The molecular formula is C7H8N2O. The Labute approximate surface area is 59.3 Å². The molecule has 0 aliphatic heterocycles. The first kappa shape index (κ1) is 6.74. The van der Waals surface area contributed by atoms with Gasteiger partial charge in [0.05, 0.1) is 6.21 Å². The maximum absolute atomic E-state index is 4.49. The topological polar surface area (TPSA) is 34.5 Å². The van der Waals surface area contributed by atoms with Crippen molar-refractivity contribution >= 4 is 6.21 Å². The highest BCUT2D eigenvalue weighted by Crippen LogP contribution is 1.89. The fourth-order valence-electron chi connectivity index (χ4n) is 0.566. The van der Waals surface area contributed by atoms with Gasteiger partial charge in [-0.3, -0.25) is 4.98 Å². The minimum Gasteiger partial charge on any atom is -0.399 e. The SMILES string of the molecule is CON=Cc1cccnc1. The first-order chi connectivity index (χ1) is 4.93. The molecule has 52 valence electrons. The summed E-state index contributed by atoms with van der Waals surface area (Å²) in [6, 6.07) is 3.74. The molecule has 0 amide bonds. The van der Waals surface area contributed by atoms with Crippen molar-refractivity contribution in [3.05, 3.63) is 30.1 Å². The van der Waals surface area contributed by atoms with E-state index in [0.717, 1.165) is 5.56 Å². The molecule has 10 heavy (non-hydrogen) atoms. The van der Waals surface area contributed by atoms with E-state index in [-0.39, 0.29) is 0 Å². The summed E-state index contributed by atoms with van der Waals surface area (Å²) in [6.45, 7) is 0. The van der Waals surface area contributed by atoms with Gasteiger partial charge in [-0.25, -0.2) is 0 Å². The Morgan fingerprint density at radius 1 is 1.70 bits per heavy atom. The number of pyridine rings is 1. The van der Waals surface area contributed by atoms with Crippen LogP contribution in [0.25, 0.3) is 0 Å². The third kappa shape index (κ3) is 1.85. The monoisotopic (exact) mass is 136 g/mol. The smallest absolute Gasteiger partial charge is 0.106 e. The minimum absolute atomic E-state index is 0.935. The summed E-state index contributed by atoms with van der Waals surface area (Å²) in [4.78, 5) is 8.38. The zero-order valence-electron chi connectivity index (χ0n) is 5.69. The Morgan fingerprint density at radius 2 is 2.60 bits per heavy atom. The highest BCUT2D eigenvalue weighted by molar-refractivity contribution is 5.78. The van der Waals surface area contributed by atoms with Crippen LogP contribution >= 0.6 is 0 Å². The molecule has 0 aromatic carbocycles. The standard InChI is InChI=1S/C7H8N2O/c1-10-9-6-7-3-2-4-8-5-7/h2-6H,1H3. The van der Waals surface area contributed by atoms with Gasteiger partial charge in [0.2, 0.25) is 0 Å². The molecule has 3 nitrogen and oxygen atoms in total. The summed E-state index contributed by atoms with van der Waals surface area (Å²) < 4.78 is 0. The molecule has 0 bridgehead atoms. The quantitative estimate of drug-likeness (QED) is 0.450. The number of oxime groups is 1. The number of hydrogen-bond acceptors (Lipinski definition) is 3. The van der Waals surface area contributed by atoms with Crippen molar-refractivity contribution in [3.8, 4) is 0 Å². The normalized spacial score (nSPS) is 10.1. The van der Waals surface area contributed by atoms with E-state index in [9.17, 15) is 0 Å². The van der Waals surface area contributed by atoms with Crippen molar-refractivity contribution in [3.63, 3.8) is 0 Å². The van der Waals surface area contributed by atoms with Crippen LogP contribution in [-0.4, -0.2) is 18.3 Å². The average Bonchev–Trinajstić information content (AvgIpc) is 2.03. The molecule has 0 atom stereocenters. The lowest BCUT2D eigenvalue weighted by molar-refractivity contribution is 0.215. The molecule has 1 aromatic heterocycles. The van der Waals surface area contributed by atoms with E-state index in [2.05, 4.69) is 15.0 Å². The van der Waals surface area contributed by atoms with Gasteiger partial charge in [0.25, 0.3) is 0 Å². The van der Waals surface area contributed by atoms with Crippen LogP contribution in [0.1, 0.15) is 5.56 Å². The Kier molecular flexibility index (Phi) is 2.43. The lowest BCUT2D eigenvalue weighted by Gasteiger charge is -1.87. The van der Waals surface area contributed by atoms with E-state index in [4.69, 9.17) is 0 Å². The Bertz CT molecular complexity index is 208.